The number of aromatic hydroxyl groups is 1. The van der Waals surface area contributed by atoms with Crippen LogP contribution in [-0.4, -0.2) is 16.8 Å². The summed E-state index contributed by atoms with van der Waals surface area (Å²) in [5.74, 6) is 0.111. The van der Waals surface area contributed by atoms with Crippen molar-refractivity contribution in [2.75, 3.05) is 6.61 Å². The predicted molar refractivity (Wildman–Crippen MR) is 57.1 cm³/mol. The second kappa shape index (κ2) is 5.44. The van der Waals surface area contributed by atoms with Crippen molar-refractivity contribution in [3.63, 3.8) is 0 Å². The molecule has 0 aliphatic heterocycles. The number of hydrogen-bond acceptors (Lipinski definition) is 3. The Balaban J connectivity index is 0.00000144. The summed E-state index contributed by atoms with van der Waals surface area (Å²) in [6.07, 6.45) is 0. The zero-order chi connectivity index (χ0) is 9.14. The average molecular weight is 269 g/mol. The minimum absolute atomic E-state index is 0. The van der Waals surface area contributed by atoms with E-state index < -0.39 is 6.04 Å². The molecule has 0 spiro atoms. The number of hydrogen-bond donors (Lipinski definition) is 3. The lowest BCUT2D eigenvalue weighted by Crippen LogP contribution is -2.14. The van der Waals surface area contributed by atoms with Crippen molar-refractivity contribution in [1.29, 1.82) is 0 Å². The van der Waals surface area contributed by atoms with Gasteiger partial charge in [0.25, 0.3) is 0 Å². The molecule has 1 atom stereocenters. The van der Waals surface area contributed by atoms with Gasteiger partial charge in [0.1, 0.15) is 5.75 Å². The largest absolute Gasteiger partial charge is 0.508 e. The Kier molecular flexibility index (Phi) is 5.32. The van der Waals surface area contributed by atoms with Gasteiger partial charge in [-0.05, 0) is 18.2 Å². The lowest BCUT2D eigenvalue weighted by molar-refractivity contribution is 0.265. The third-order valence-electron chi connectivity index (χ3n) is 1.59. The Labute approximate surface area is 91.1 Å². The molecule has 0 radical (unpaired) electrons. The van der Waals surface area contributed by atoms with E-state index in [1.165, 1.54) is 6.07 Å². The van der Waals surface area contributed by atoms with Gasteiger partial charge in [0.15, 0.2) is 0 Å². The molecular weight excluding hydrogens is 257 g/mol. The Bertz CT molecular complexity index is 283. The average Bonchev–Trinajstić information content (AvgIpc) is 2.08. The first-order chi connectivity index (χ1) is 5.65. The Hall–Kier alpha value is -0.290. The van der Waals surface area contributed by atoms with Crippen LogP contribution >= 0.6 is 28.3 Å². The van der Waals surface area contributed by atoms with Gasteiger partial charge >= 0.3 is 0 Å². The standard InChI is InChI=1S/C8H10BrNO2.ClH/c9-5-1-2-8(12)6(3-5)7(10)4-11;/h1-3,7,11-12H,4,10H2;1H/t7-;/m1./s1. The monoisotopic (exact) mass is 267 g/mol. The molecule has 0 fully saturated rings. The first-order valence-corrected chi connectivity index (χ1v) is 4.29. The summed E-state index contributed by atoms with van der Waals surface area (Å²) in [4.78, 5) is 0. The minimum atomic E-state index is -0.525. The highest BCUT2D eigenvalue weighted by molar-refractivity contribution is 9.10. The maximum atomic E-state index is 9.32. The SMILES string of the molecule is Cl.N[C@H](CO)c1cc(Br)ccc1O. The summed E-state index contributed by atoms with van der Waals surface area (Å²) in [6, 6.07) is 4.41. The summed E-state index contributed by atoms with van der Waals surface area (Å²) in [5, 5.41) is 18.1. The van der Waals surface area contributed by atoms with Crippen molar-refractivity contribution >= 4 is 28.3 Å². The second-order valence-electron chi connectivity index (χ2n) is 2.49. The minimum Gasteiger partial charge on any atom is -0.508 e. The molecule has 1 rings (SSSR count). The fourth-order valence-electron chi connectivity index (χ4n) is 0.921. The maximum Gasteiger partial charge on any atom is 0.120 e. The van der Waals surface area contributed by atoms with Crippen LogP contribution in [0.1, 0.15) is 11.6 Å². The molecule has 0 unspecified atom stereocenters. The molecule has 0 saturated carbocycles. The highest BCUT2D eigenvalue weighted by atomic mass is 79.9. The van der Waals surface area contributed by atoms with E-state index in [1.54, 1.807) is 12.1 Å². The van der Waals surface area contributed by atoms with Gasteiger partial charge in [-0.25, -0.2) is 0 Å². The van der Waals surface area contributed by atoms with E-state index in [0.717, 1.165) is 4.47 Å². The molecule has 5 heteroatoms. The second-order valence-corrected chi connectivity index (χ2v) is 3.41. The van der Waals surface area contributed by atoms with E-state index in [4.69, 9.17) is 10.8 Å². The molecule has 13 heavy (non-hydrogen) atoms. The van der Waals surface area contributed by atoms with Gasteiger partial charge in [-0.2, -0.15) is 0 Å². The third-order valence-corrected chi connectivity index (χ3v) is 2.08. The van der Waals surface area contributed by atoms with Gasteiger partial charge in [-0.3, -0.25) is 0 Å². The first-order valence-electron chi connectivity index (χ1n) is 3.50. The third kappa shape index (κ3) is 3.15. The maximum absolute atomic E-state index is 9.32. The smallest absolute Gasteiger partial charge is 0.120 e. The molecule has 1 aromatic rings. The van der Waals surface area contributed by atoms with E-state index in [9.17, 15) is 5.11 Å². The molecule has 0 heterocycles. The molecule has 0 saturated heterocycles. The predicted octanol–water partition coefficient (Wildman–Crippen LogP) is 1.57. The number of aliphatic hydroxyl groups is 1. The number of phenols is 1. The molecule has 4 N–H and O–H groups in total. The van der Waals surface area contributed by atoms with Crippen LogP contribution in [0.3, 0.4) is 0 Å². The van der Waals surface area contributed by atoms with Crippen LogP contribution in [0, 0.1) is 0 Å². The summed E-state index contributed by atoms with van der Waals surface area (Å²) in [5.41, 5.74) is 6.08. The number of aliphatic hydroxyl groups excluding tert-OH is 1. The molecule has 74 valence electrons. The molecular formula is C8H11BrClNO2. The van der Waals surface area contributed by atoms with E-state index in [0.29, 0.717) is 5.56 Å². The van der Waals surface area contributed by atoms with Crippen molar-refractivity contribution in [3.8, 4) is 5.75 Å². The fourth-order valence-corrected chi connectivity index (χ4v) is 1.30. The van der Waals surface area contributed by atoms with Gasteiger partial charge < -0.3 is 15.9 Å². The van der Waals surface area contributed by atoms with Crippen molar-refractivity contribution in [2.45, 2.75) is 6.04 Å². The van der Waals surface area contributed by atoms with Crippen LogP contribution in [0.15, 0.2) is 22.7 Å². The first kappa shape index (κ1) is 12.7. The summed E-state index contributed by atoms with van der Waals surface area (Å²) < 4.78 is 0.833. The van der Waals surface area contributed by atoms with Crippen LogP contribution in [0.25, 0.3) is 0 Å². The Morgan fingerprint density at radius 3 is 2.62 bits per heavy atom. The Morgan fingerprint density at radius 2 is 2.08 bits per heavy atom. The summed E-state index contributed by atoms with van der Waals surface area (Å²) in [7, 11) is 0. The zero-order valence-electron chi connectivity index (χ0n) is 6.77. The summed E-state index contributed by atoms with van der Waals surface area (Å²) in [6.45, 7) is -0.177. The van der Waals surface area contributed by atoms with Crippen LogP contribution < -0.4 is 5.73 Å². The van der Waals surface area contributed by atoms with E-state index in [-0.39, 0.29) is 24.8 Å². The summed E-state index contributed by atoms with van der Waals surface area (Å²) >= 11 is 3.25. The van der Waals surface area contributed by atoms with Crippen LogP contribution in [0.5, 0.6) is 5.75 Å². The normalized spacial score (nSPS) is 11.9. The lowest BCUT2D eigenvalue weighted by Gasteiger charge is -2.10. The van der Waals surface area contributed by atoms with Crippen molar-refractivity contribution < 1.29 is 10.2 Å². The quantitative estimate of drug-likeness (QED) is 0.763. The zero-order valence-corrected chi connectivity index (χ0v) is 9.18. The molecule has 3 nitrogen and oxygen atoms in total. The van der Waals surface area contributed by atoms with Gasteiger partial charge in [0, 0.05) is 10.0 Å². The highest BCUT2D eigenvalue weighted by Gasteiger charge is 2.09. The number of phenolic OH excluding ortho intramolecular Hbond substituents is 1. The van der Waals surface area contributed by atoms with Crippen LogP contribution in [0.2, 0.25) is 0 Å². The molecule has 0 aromatic heterocycles. The molecule has 0 aliphatic rings. The van der Waals surface area contributed by atoms with Crippen molar-refractivity contribution in [3.05, 3.63) is 28.2 Å². The Morgan fingerprint density at radius 1 is 1.46 bits per heavy atom. The van der Waals surface area contributed by atoms with E-state index in [1.807, 2.05) is 0 Å². The van der Waals surface area contributed by atoms with Crippen LogP contribution in [-0.2, 0) is 0 Å². The number of rotatable bonds is 2. The van der Waals surface area contributed by atoms with Crippen molar-refractivity contribution in [1.82, 2.24) is 0 Å². The molecule has 0 amide bonds. The van der Waals surface area contributed by atoms with Crippen LogP contribution in [0.4, 0.5) is 0 Å². The van der Waals surface area contributed by atoms with Gasteiger partial charge in [0.05, 0.1) is 12.6 Å². The van der Waals surface area contributed by atoms with Gasteiger partial charge in [-0.15, -0.1) is 12.4 Å². The highest BCUT2D eigenvalue weighted by Crippen LogP contribution is 2.25. The lowest BCUT2D eigenvalue weighted by atomic mass is 10.1. The van der Waals surface area contributed by atoms with E-state index in [2.05, 4.69) is 15.9 Å². The number of nitrogens with two attached hydrogens (primary N) is 1. The number of halogens is 2. The topological polar surface area (TPSA) is 66.5 Å². The molecule has 0 bridgehead atoms. The van der Waals surface area contributed by atoms with Gasteiger partial charge in [0.2, 0.25) is 0 Å². The molecule has 0 aliphatic carbocycles. The fraction of sp³-hybridized carbons (Fsp3) is 0.250. The van der Waals surface area contributed by atoms with Crippen molar-refractivity contribution in [2.24, 2.45) is 5.73 Å². The van der Waals surface area contributed by atoms with E-state index >= 15 is 0 Å². The van der Waals surface area contributed by atoms with Gasteiger partial charge in [-0.1, -0.05) is 15.9 Å². The number of benzene rings is 1. The molecule has 1 aromatic carbocycles.